The summed E-state index contributed by atoms with van der Waals surface area (Å²) in [5.41, 5.74) is 0.00970. The van der Waals surface area contributed by atoms with Crippen LogP contribution in [0.4, 0.5) is 13.2 Å². The summed E-state index contributed by atoms with van der Waals surface area (Å²) < 4.78 is 45.8. The van der Waals surface area contributed by atoms with Crippen LogP contribution in [0.1, 0.15) is 23.6 Å². The van der Waals surface area contributed by atoms with Crippen LogP contribution in [0.15, 0.2) is 29.1 Å². The Hall–Kier alpha value is -2.74. The molecule has 0 saturated heterocycles. The van der Waals surface area contributed by atoms with E-state index in [0.717, 1.165) is 0 Å². The molecule has 0 amide bonds. The van der Waals surface area contributed by atoms with E-state index >= 15 is 0 Å². The maximum Gasteiger partial charge on any atom is 0.420 e. The average molecular weight is 316 g/mol. The molecule has 0 aromatic heterocycles. The Morgan fingerprint density at radius 1 is 1.26 bits per heavy atom. The van der Waals surface area contributed by atoms with Gasteiger partial charge in [0.15, 0.2) is 5.43 Å². The molecule has 0 heterocycles. The molecule has 0 radical (unpaired) electrons. The zero-order valence-electron chi connectivity index (χ0n) is 12.1. The van der Waals surface area contributed by atoms with Crippen molar-refractivity contribution < 1.29 is 17.9 Å². The van der Waals surface area contributed by atoms with Crippen LogP contribution in [0.2, 0.25) is 0 Å². The molecule has 0 aliphatic heterocycles. The molecule has 3 rings (SSSR count). The molecular formula is C18H11F3O2. The van der Waals surface area contributed by atoms with Gasteiger partial charge < -0.3 is 4.74 Å². The quantitative estimate of drug-likeness (QED) is 0.780. The molecule has 0 fully saturated rings. The fourth-order valence-electron chi connectivity index (χ4n) is 2.84. The molecule has 1 aliphatic rings. The van der Waals surface area contributed by atoms with E-state index in [9.17, 15) is 18.0 Å². The molecule has 23 heavy (non-hydrogen) atoms. The predicted molar refractivity (Wildman–Crippen MR) is 83.1 cm³/mol. The smallest absolute Gasteiger partial charge is 0.420 e. The number of ether oxygens (including phenoxy) is 1. The SMILES string of the molecule is C#CCOc1cc2ccc(=O)cc3c2c(c1C(F)(F)F)C=C3C. The van der Waals surface area contributed by atoms with E-state index in [1.807, 2.05) is 0 Å². The molecule has 0 spiro atoms. The number of terminal acetylenes is 1. The lowest BCUT2D eigenvalue weighted by molar-refractivity contribution is -0.138. The average Bonchev–Trinajstić information content (AvgIpc) is 2.66. The summed E-state index contributed by atoms with van der Waals surface area (Å²) in [6.45, 7) is 1.41. The Labute approximate surface area is 130 Å². The third-order valence-corrected chi connectivity index (χ3v) is 3.72. The van der Waals surface area contributed by atoms with Crippen molar-refractivity contribution >= 4 is 22.4 Å². The van der Waals surface area contributed by atoms with Gasteiger partial charge in [-0.1, -0.05) is 18.1 Å². The lowest BCUT2D eigenvalue weighted by Crippen LogP contribution is -2.11. The zero-order valence-corrected chi connectivity index (χ0v) is 12.1. The van der Waals surface area contributed by atoms with Crippen LogP contribution in [-0.4, -0.2) is 6.61 Å². The van der Waals surface area contributed by atoms with Crippen molar-refractivity contribution in [2.75, 3.05) is 6.61 Å². The van der Waals surface area contributed by atoms with Crippen LogP contribution in [0.3, 0.4) is 0 Å². The third kappa shape index (κ3) is 2.46. The maximum absolute atomic E-state index is 13.6. The molecule has 0 atom stereocenters. The molecular weight excluding hydrogens is 305 g/mol. The minimum Gasteiger partial charge on any atom is -0.480 e. The van der Waals surface area contributed by atoms with Gasteiger partial charge in [0.1, 0.15) is 17.9 Å². The summed E-state index contributed by atoms with van der Waals surface area (Å²) >= 11 is 0. The van der Waals surface area contributed by atoms with E-state index in [4.69, 9.17) is 11.2 Å². The van der Waals surface area contributed by atoms with Crippen molar-refractivity contribution in [3.05, 3.63) is 51.2 Å². The third-order valence-electron chi connectivity index (χ3n) is 3.72. The summed E-state index contributed by atoms with van der Waals surface area (Å²) in [7, 11) is 0. The number of halogens is 3. The molecule has 0 unspecified atom stereocenters. The van der Waals surface area contributed by atoms with Gasteiger partial charge in [-0.15, -0.1) is 6.42 Å². The van der Waals surface area contributed by atoms with Gasteiger partial charge in [0, 0.05) is 0 Å². The maximum atomic E-state index is 13.6. The van der Waals surface area contributed by atoms with Gasteiger partial charge in [-0.2, -0.15) is 13.2 Å². The van der Waals surface area contributed by atoms with Crippen LogP contribution in [0.25, 0.3) is 22.4 Å². The summed E-state index contributed by atoms with van der Waals surface area (Å²) in [5, 5.41) is 0.912. The zero-order chi connectivity index (χ0) is 16.8. The van der Waals surface area contributed by atoms with Gasteiger partial charge in [-0.3, -0.25) is 4.79 Å². The summed E-state index contributed by atoms with van der Waals surface area (Å²) in [4.78, 5) is 11.8. The van der Waals surface area contributed by atoms with Gasteiger partial charge >= 0.3 is 6.18 Å². The molecule has 2 aromatic rings. The van der Waals surface area contributed by atoms with Crippen LogP contribution in [-0.2, 0) is 6.18 Å². The highest BCUT2D eigenvalue weighted by molar-refractivity contribution is 6.10. The molecule has 2 nitrogen and oxygen atoms in total. The standard InChI is InChI=1S/C18H11F3O2/c1-3-6-23-15-8-11-4-5-12(22)9-13-10(2)7-14(16(11)13)17(15)18(19,20)21/h1,4-5,7-9H,6H2,2H3. The van der Waals surface area contributed by atoms with Gasteiger partial charge in [-0.25, -0.2) is 0 Å². The van der Waals surface area contributed by atoms with Crippen molar-refractivity contribution in [1.29, 1.82) is 0 Å². The number of hydrogen-bond donors (Lipinski definition) is 0. The lowest BCUT2D eigenvalue weighted by atomic mass is 10.00. The Kier molecular flexibility index (Phi) is 3.41. The highest BCUT2D eigenvalue weighted by atomic mass is 19.4. The number of allylic oxidation sites excluding steroid dienone is 1. The van der Waals surface area contributed by atoms with E-state index in [0.29, 0.717) is 21.9 Å². The summed E-state index contributed by atoms with van der Waals surface area (Å²) in [5.74, 6) is 1.84. The Morgan fingerprint density at radius 2 is 2.00 bits per heavy atom. The molecule has 5 heteroatoms. The largest absolute Gasteiger partial charge is 0.480 e. The van der Waals surface area contributed by atoms with Crippen molar-refractivity contribution in [2.24, 2.45) is 0 Å². The van der Waals surface area contributed by atoms with E-state index in [1.54, 1.807) is 6.92 Å². The fourth-order valence-corrected chi connectivity index (χ4v) is 2.84. The van der Waals surface area contributed by atoms with Gasteiger partial charge in [0.2, 0.25) is 0 Å². The minimum atomic E-state index is -4.60. The van der Waals surface area contributed by atoms with Gasteiger partial charge in [0.05, 0.1) is 0 Å². The Morgan fingerprint density at radius 3 is 2.65 bits per heavy atom. The Balaban J connectivity index is 2.48. The van der Waals surface area contributed by atoms with Crippen molar-refractivity contribution in [3.8, 4) is 18.1 Å². The van der Waals surface area contributed by atoms with Gasteiger partial charge in [0.25, 0.3) is 0 Å². The minimum absolute atomic E-state index is 0.0186. The highest BCUT2D eigenvalue weighted by Gasteiger charge is 2.39. The summed E-state index contributed by atoms with van der Waals surface area (Å²) in [6.07, 6.45) is 1.92. The number of hydrogen-bond acceptors (Lipinski definition) is 2. The lowest BCUT2D eigenvalue weighted by Gasteiger charge is -2.16. The number of rotatable bonds is 2. The van der Waals surface area contributed by atoms with E-state index in [2.05, 4.69) is 5.92 Å². The first kappa shape index (κ1) is 15.2. The normalized spacial score (nSPS) is 12.9. The first-order valence-electron chi connectivity index (χ1n) is 6.80. The molecule has 0 saturated carbocycles. The Bertz CT molecular complexity index is 947. The second kappa shape index (κ2) is 5.17. The van der Waals surface area contributed by atoms with Gasteiger partial charge in [-0.05, 0) is 52.6 Å². The van der Waals surface area contributed by atoms with Crippen molar-refractivity contribution in [3.63, 3.8) is 0 Å². The molecule has 1 aliphatic carbocycles. The van der Waals surface area contributed by atoms with E-state index < -0.39 is 11.7 Å². The summed E-state index contributed by atoms with van der Waals surface area (Å²) in [6, 6.07) is 5.47. The van der Waals surface area contributed by atoms with Crippen LogP contribution in [0, 0.1) is 12.3 Å². The van der Waals surface area contributed by atoms with E-state index in [-0.39, 0.29) is 23.3 Å². The predicted octanol–water partition coefficient (Wildman–Crippen LogP) is 4.10. The van der Waals surface area contributed by atoms with Crippen molar-refractivity contribution in [1.82, 2.24) is 0 Å². The molecule has 116 valence electrons. The second-order valence-corrected chi connectivity index (χ2v) is 5.24. The first-order chi connectivity index (χ1) is 10.8. The molecule has 2 aromatic carbocycles. The van der Waals surface area contributed by atoms with Crippen molar-refractivity contribution in [2.45, 2.75) is 13.1 Å². The van der Waals surface area contributed by atoms with Crippen LogP contribution >= 0.6 is 0 Å². The monoisotopic (exact) mass is 316 g/mol. The molecule has 0 N–H and O–H groups in total. The molecule has 0 bridgehead atoms. The second-order valence-electron chi connectivity index (χ2n) is 5.24. The van der Waals surface area contributed by atoms with Crippen LogP contribution in [0.5, 0.6) is 5.75 Å². The van der Waals surface area contributed by atoms with Crippen LogP contribution < -0.4 is 10.2 Å². The first-order valence-corrected chi connectivity index (χ1v) is 6.80. The highest BCUT2D eigenvalue weighted by Crippen LogP contribution is 2.47. The topological polar surface area (TPSA) is 26.3 Å². The van der Waals surface area contributed by atoms with E-state index in [1.165, 1.54) is 30.3 Å². The fraction of sp³-hybridized carbons (Fsp3) is 0.167. The number of benzene rings is 1. The number of alkyl halides is 3.